The predicted molar refractivity (Wildman–Crippen MR) is 52.9 cm³/mol. The fraction of sp³-hybridized carbons (Fsp3) is 0.222. The highest BCUT2D eigenvalue weighted by Gasteiger charge is 2.03. The zero-order valence-corrected chi connectivity index (χ0v) is 8.97. The van der Waals surface area contributed by atoms with Crippen molar-refractivity contribution in [2.45, 2.75) is 17.9 Å². The first-order valence-electron chi connectivity index (χ1n) is 3.89. The van der Waals surface area contributed by atoms with E-state index in [4.69, 9.17) is 15.8 Å². The lowest BCUT2D eigenvalue weighted by atomic mass is 10.4. The van der Waals surface area contributed by atoms with Gasteiger partial charge in [-0.25, -0.2) is 0 Å². The van der Waals surface area contributed by atoms with Crippen LogP contribution in [0.2, 0.25) is 5.02 Å². The summed E-state index contributed by atoms with van der Waals surface area (Å²) in [6, 6.07) is 6.90. The van der Waals surface area contributed by atoms with Gasteiger partial charge in [-0.05, 0) is 31.2 Å². The van der Waals surface area contributed by atoms with Gasteiger partial charge in [0.1, 0.15) is 6.10 Å². The van der Waals surface area contributed by atoms with Gasteiger partial charge < -0.3 is 14.1 Å². The van der Waals surface area contributed by atoms with E-state index in [9.17, 15) is 9.90 Å². The maximum Gasteiger partial charge on any atom is 0.109 e. The summed E-state index contributed by atoms with van der Waals surface area (Å²) in [6.45, 7) is 1.41. The summed E-state index contributed by atoms with van der Waals surface area (Å²) >= 11 is 6.66. The van der Waals surface area contributed by atoms with Gasteiger partial charge in [-0.1, -0.05) is 11.6 Å². The second kappa shape index (κ2) is 5.24. The number of carbonyl (C=O) groups is 1. The van der Waals surface area contributed by atoms with E-state index in [1.54, 1.807) is 24.3 Å². The van der Waals surface area contributed by atoms with Crippen molar-refractivity contribution in [1.82, 2.24) is 0 Å². The molecule has 0 aliphatic heterocycles. The maximum atomic E-state index is 10.3. The van der Waals surface area contributed by atoms with Crippen molar-refractivity contribution in [3.8, 4) is 0 Å². The van der Waals surface area contributed by atoms with Crippen LogP contribution in [0.1, 0.15) is 6.92 Å². The number of carboxylic acids is 1. The first kappa shape index (κ1) is 11.4. The zero-order chi connectivity index (χ0) is 10.6. The van der Waals surface area contributed by atoms with Crippen molar-refractivity contribution < 1.29 is 14.1 Å². The average Bonchev–Trinajstić information content (AvgIpc) is 2.16. The van der Waals surface area contributed by atoms with E-state index in [-0.39, 0.29) is 0 Å². The van der Waals surface area contributed by atoms with E-state index in [0.29, 0.717) is 5.02 Å². The second-order valence-electron chi connectivity index (χ2n) is 2.59. The molecule has 0 saturated heterocycles. The highest BCUT2D eigenvalue weighted by molar-refractivity contribution is 7.94. The van der Waals surface area contributed by atoms with Crippen LogP contribution in [0.15, 0.2) is 29.2 Å². The Bertz CT molecular complexity index is 312. The second-order valence-corrected chi connectivity index (χ2v) is 3.86. The molecule has 0 saturated carbocycles. The van der Waals surface area contributed by atoms with Gasteiger partial charge in [0.25, 0.3) is 0 Å². The molecule has 0 aliphatic carbocycles. The number of aliphatic carboxylic acids is 1. The molecule has 0 fully saturated rings. The highest BCUT2D eigenvalue weighted by Crippen LogP contribution is 2.22. The van der Waals surface area contributed by atoms with Gasteiger partial charge in [0.15, 0.2) is 0 Å². The third kappa shape index (κ3) is 3.57. The van der Waals surface area contributed by atoms with Gasteiger partial charge in [0, 0.05) is 22.0 Å². The highest BCUT2D eigenvalue weighted by atomic mass is 35.5. The largest absolute Gasteiger partial charge is 0.547 e. The Hall–Kier alpha value is -0.710. The van der Waals surface area contributed by atoms with Crippen LogP contribution in [0.4, 0.5) is 0 Å². The van der Waals surface area contributed by atoms with E-state index in [1.165, 1.54) is 6.92 Å². The molecule has 0 spiro atoms. The molecular weight excluding hydrogens is 224 g/mol. The Labute approximate surface area is 91.2 Å². The summed E-state index contributed by atoms with van der Waals surface area (Å²) in [7, 11) is 0. The molecule has 3 nitrogen and oxygen atoms in total. The molecule has 1 atom stereocenters. The lowest BCUT2D eigenvalue weighted by Crippen LogP contribution is -2.34. The number of halogens is 1. The molecule has 14 heavy (non-hydrogen) atoms. The van der Waals surface area contributed by atoms with E-state index in [1.807, 2.05) is 0 Å². The summed E-state index contributed by atoms with van der Waals surface area (Å²) in [6.07, 6.45) is -0.935. The Morgan fingerprint density at radius 2 is 2.07 bits per heavy atom. The third-order valence-corrected chi connectivity index (χ3v) is 2.54. The van der Waals surface area contributed by atoms with Gasteiger partial charge in [-0.3, -0.25) is 0 Å². The van der Waals surface area contributed by atoms with Crippen LogP contribution >= 0.6 is 23.6 Å². The molecule has 1 rings (SSSR count). The van der Waals surface area contributed by atoms with Crippen LogP contribution in [-0.2, 0) is 8.98 Å². The Kier molecular flexibility index (Phi) is 4.25. The number of carboxylic acid groups (broad SMARTS) is 1. The van der Waals surface area contributed by atoms with Crippen LogP contribution in [-0.4, -0.2) is 12.1 Å². The van der Waals surface area contributed by atoms with Gasteiger partial charge in [0.2, 0.25) is 0 Å². The first-order chi connectivity index (χ1) is 6.59. The molecule has 0 heterocycles. The van der Waals surface area contributed by atoms with E-state index in [0.717, 1.165) is 16.9 Å². The Morgan fingerprint density at radius 3 is 2.57 bits per heavy atom. The fourth-order valence-electron chi connectivity index (χ4n) is 0.657. The number of hydrogen-bond acceptors (Lipinski definition) is 4. The molecule has 0 bridgehead atoms. The minimum absolute atomic E-state index is 0.627. The van der Waals surface area contributed by atoms with Gasteiger partial charge in [-0.15, -0.1) is 0 Å². The van der Waals surface area contributed by atoms with Crippen LogP contribution in [0.3, 0.4) is 0 Å². The van der Waals surface area contributed by atoms with Gasteiger partial charge in [0.05, 0.1) is 5.97 Å². The number of benzene rings is 1. The maximum absolute atomic E-state index is 10.3. The van der Waals surface area contributed by atoms with Crippen LogP contribution < -0.4 is 5.11 Å². The lowest BCUT2D eigenvalue weighted by Gasteiger charge is -2.11. The van der Waals surface area contributed by atoms with Crippen LogP contribution in [0.25, 0.3) is 0 Å². The molecule has 5 heteroatoms. The van der Waals surface area contributed by atoms with Gasteiger partial charge in [-0.2, -0.15) is 0 Å². The minimum Gasteiger partial charge on any atom is -0.547 e. The van der Waals surface area contributed by atoms with Crippen LogP contribution in [0.5, 0.6) is 0 Å². The molecule has 0 radical (unpaired) electrons. The normalized spacial score (nSPS) is 12.4. The summed E-state index contributed by atoms with van der Waals surface area (Å²) < 4.78 is 4.94. The van der Waals surface area contributed by atoms with Crippen molar-refractivity contribution >= 4 is 29.6 Å². The summed E-state index contributed by atoms with van der Waals surface area (Å²) in [4.78, 5) is 11.1. The lowest BCUT2D eigenvalue weighted by molar-refractivity contribution is -0.312. The Morgan fingerprint density at radius 1 is 1.50 bits per heavy atom. The average molecular weight is 232 g/mol. The van der Waals surface area contributed by atoms with Crippen molar-refractivity contribution in [2.75, 3.05) is 0 Å². The quantitative estimate of drug-likeness (QED) is 0.737. The van der Waals surface area contributed by atoms with Crippen molar-refractivity contribution in [3.63, 3.8) is 0 Å². The number of rotatable bonds is 4. The number of hydrogen-bond donors (Lipinski definition) is 0. The summed E-state index contributed by atoms with van der Waals surface area (Å²) in [5.74, 6) is -1.23. The monoisotopic (exact) mass is 231 g/mol. The standard InChI is InChI=1S/C9H9ClO3S/c1-6(9(11)12)13-14-8-4-2-7(10)3-5-8/h2-6H,1H3,(H,11,12)/p-1. The van der Waals surface area contributed by atoms with E-state index in [2.05, 4.69) is 0 Å². The molecular formula is C9H8ClO3S-. The van der Waals surface area contributed by atoms with E-state index < -0.39 is 12.1 Å². The Balaban J connectivity index is 2.46. The van der Waals surface area contributed by atoms with Crippen LogP contribution in [0, 0.1) is 0 Å². The molecule has 1 aromatic carbocycles. The summed E-state index contributed by atoms with van der Waals surface area (Å²) in [5.41, 5.74) is 0. The molecule has 76 valence electrons. The molecule has 1 aromatic rings. The topological polar surface area (TPSA) is 49.4 Å². The summed E-state index contributed by atoms with van der Waals surface area (Å²) in [5, 5.41) is 10.9. The predicted octanol–water partition coefficient (Wildman–Crippen LogP) is 1.50. The molecule has 1 unspecified atom stereocenters. The van der Waals surface area contributed by atoms with E-state index >= 15 is 0 Å². The molecule has 0 N–H and O–H groups in total. The fourth-order valence-corrected chi connectivity index (χ4v) is 1.36. The SMILES string of the molecule is CC(OSc1ccc(Cl)cc1)C(=O)[O-]. The third-order valence-electron chi connectivity index (χ3n) is 1.43. The molecule has 0 aliphatic rings. The zero-order valence-electron chi connectivity index (χ0n) is 7.40. The van der Waals surface area contributed by atoms with Crippen molar-refractivity contribution in [3.05, 3.63) is 29.3 Å². The first-order valence-corrected chi connectivity index (χ1v) is 5.01. The molecule has 0 aromatic heterocycles. The van der Waals surface area contributed by atoms with Crippen molar-refractivity contribution in [2.24, 2.45) is 0 Å². The number of carbonyl (C=O) groups excluding carboxylic acids is 1. The van der Waals surface area contributed by atoms with Gasteiger partial charge >= 0.3 is 0 Å². The van der Waals surface area contributed by atoms with Crippen molar-refractivity contribution in [1.29, 1.82) is 0 Å². The molecule has 0 amide bonds. The smallest absolute Gasteiger partial charge is 0.109 e. The minimum atomic E-state index is -1.23.